The van der Waals surface area contributed by atoms with E-state index in [4.69, 9.17) is 13.6 Å². The minimum absolute atomic E-state index is 0.0942. The lowest BCUT2D eigenvalue weighted by Crippen LogP contribution is -2.49. The molecular formula is C14H25O4P. The van der Waals surface area contributed by atoms with Crippen molar-refractivity contribution in [2.75, 3.05) is 13.2 Å². The van der Waals surface area contributed by atoms with Gasteiger partial charge in [-0.1, -0.05) is 0 Å². The monoisotopic (exact) mass is 288 g/mol. The fraction of sp³-hybridized carbons (Fsp3) is 1.00. The summed E-state index contributed by atoms with van der Waals surface area (Å²) in [6, 6.07) is 0. The molecule has 0 aromatic rings. The summed E-state index contributed by atoms with van der Waals surface area (Å²) in [4.78, 5) is 0. The number of hydrogen-bond donors (Lipinski definition) is 0. The maximum absolute atomic E-state index is 12.5. The molecule has 4 fully saturated rings. The first kappa shape index (κ1) is 14.1. The molecule has 110 valence electrons. The highest BCUT2D eigenvalue weighted by molar-refractivity contribution is 7.48. The summed E-state index contributed by atoms with van der Waals surface area (Å²) < 4.78 is 29.0. The molecule has 0 heterocycles. The summed E-state index contributed by atoms with van der Waals surface area (Å²) in [6.45, 7) is 4.38. The van der Waals surface area contributed by atoms with Gasteiger partial charge in [0.15, 0.2) is 0 Å². The lowest BCUT2D eigenvalue weighted by Gasteiger charge is -2.53. The molecule has 19 heavy (non-hydrogen) atoms. The molecule has 4 aliphatic rings. The molecule has 0 atom stereocenters. The van der Waals surface area contributed by atoms with Crippen molar-refractivity contribution in [3.8, 4) is 0 Å². The second kappa shape index (κ2) is 5.48. The van der Waals surface area contributed by atoms with Crippen LogP contribution >= 0.6 is 7.82 Å². The Labute approximate surface area is 115 Å². The van der Waals surface area contributed by atoms with Gasteiger partial charge in [-0.3, -0.25) is 13.6 Å². The van der Waals surface area contributed by atoms with Gasteiger partial charge in [0.25, 0.3) is 0 Å². The van der Waals surface area contributed by atoms with Crippen LogP contribution in [0.25, 0.3) is 0 Å². The zero-order valence-electron chi connectivity index (χ0n) is 11.9. The highest BCUT2D eigenvalue weighted by Crippen LogP contribution is 2.60. The Morgan fingerprint density at radius 2 is 1.37 bits per heavy atom. The van der Waals surface area contributed by atoms with E-state index in [0.717, 1.165) is 11.8 Å². The third kappa shape index (κ3) is 2.78. The van der Waals surface area contributed by atoms with Crippen LogP contribution in [0.3, 0.4) is 0 Å². The fourth-order valence-electron chi connectivity index (χ4n) is 4.61. The largest absolute Gasteiger partial charge is 0.475 e. The van der Waals surface area contributed by atoms with Crippen LogP contribution in [0.1, 0.15) is 46.0 Å². The van der Waals surface area contributed by atoms with E-state index < -0.39 is 7.82 Å². The summed E-state index contributed by atoms with van der Waals surface area (Å²) in [7, 11) is -3.35. The average Bonchev–Trinajstić information content (AvgIpc) is 2.33. The topological polar surface area (TPSA) is 44.8 Å². The summed E-state index contributed by atoms with van der Waals surface area (Å²) >= 11 is 0. The van der Waals surface area contributed by atoms with Crippen LogP contribution in [0.4, 0.5) is 0 Å². The van der Waals surface area contributed by atoms with Crippen LogP contribution in [0.2, 0.25) is 0 Å². The van der Waals surface area contributed by atoms with Crippen molar-refractivity contribution in [1.82, 2.24) is 0 Å². The van der Waals surface area contributed by atoms with Gasteiger partial charge in [0.2, 0.25) is 0 Å². The third-order valence-corrected chi connectivity index (χ3v) is 6.62. The van der Waals surface area contributed by atoms with Gasteiger partial charge in [0.1, 0.15) is 0 Å². The maximum Gasteiger partial charge on any atom is 0.475 e. The van der Waals surface area contributed by atoms with Gasteiger partial charge in [0, 0.05) is 0 Å². The second-order valence-electron chi connectivity index (χ2n) is 6.28. The Kier molecular flexibility index (Phi) is 4.05. The molecule has 0 spiro atoms. The van der Waals surface area contributed by atoms with Crippen LogP contribution in [0.5, 0.6) is 0 Å². The van der Waals surface area contributed by atoms with E-state index >= 15 is 0 Å². The molecule has 0 aliphatic heterocycles. The van der Waals surface area contributed by atoms with Gasteiger partial charge in [-0.05, 0) is 69.6 Å². The fourth-order valence-corrected chi connectivity index (χ4v) is 6.08. The van der Waals surface area contributed by atoms with E-state index in [1.54, 1.807) is 0 Å². The minimum atomic E-state index is -3.35. The zero-order chi connectivity index (χ0) is 13.5. The Morgan fingerprint density at radius 3 is 1.79 bits per heavy atom. The van der Waals surface area contributed by atoms with Gasteiger partial charge in [-0.15, -0.1) is 0 Å². The Bertz CT molecular complexity index is 332. The molecule has 4 rings (SSSR count). The summed E-state index contributed by atoms with van der Waals surface area (Å²) in [5.41, 5.74) is 0. The molecule has 0 N–H and O–H groups in total. The van der Waals surface area contributed by atoms with E-state index in [0.29, 0.717) is 25.0 Å². The quantitative estimate of drug-likeness (QED) is 0.693. The molecule has 4 saturated carbocycles. The van der Waals surface area contributed by atoms with E-state index in [2.05, 4.69) is 0 Å². The molecule has 0 amide bonds. The Hall–Kier alpha value is 0.110. The SMILES string of the molecule is CCOP(=O)(OCC)OC1C2CC3CC(C2)CC1C3. The van der Waals surface area contributed by atoms with Crippen molar-refractivity contribution >= 4 is 7.82 Å². The van der Waals surface area contributed by atoms with E-state index in [9.17, 15) is 4.57 Å². The van der Waals surface area contributed by atoms with Gasteiger partial charge in [-0.25, -0.2) is 4.57 Å². The lowest BCUT2D eigenvalue weighted by molar-refractivity contribution is -0.0923. The molecular weight excluding hydrogens is 263 g/mol. The first-order valence-corrected chi connectivity index (χ1v) is 9.17. The van der Waals surface area contributed by atoms with Crippen LogP contribution in [0, 0.1) is 23.7 Å². The Balaban J connectivity index is 1.70. The molecule has 0 saturated heterocycles. The number of phosphoric ester groups is 1. The van der Waals surface area contributed by atoms with Gasteiger partial charge < -0.3 is 0 Å². The lowest BCUT2D eigenvalue weighted by atomic mass is 9.55. The van der Waals surface area contributed by atoms with Crippen LogP contribution < -0.4 is 0 Å². The molecule has 4 nitrogen and oxygen atoms in total. The number of hydrogen-bond acceptors (Lipinski definition) is 4. The minimum Gasteiger partial charge on any atom is -0.287 e. The molecule has 0 unspecified atom stereocenters. The van der Waals surface area contributed by atoms with Crippen molar-refractivity contribution < 1.29 is 18.1 Å². The second-order valence-corrected chi connectivity index (χ2v) is 7.91. The van der Waals surface area contributed by atoms with Crippen molar-refractivity contribution in [2.24, 2.45) is 23.7 Å². The first-order valence-electron chi connectivity index (χ1n) is 7.71. The highest BCUT2D eigenvalue weighted by Gasteiger charge is 2.51. The molecule has 4 aliphatic carbocycles. The van der Waals surface area contributed by atoms with Crippen LogP contribution in [-0.4, -0.2) is 19.3 Å². The smallest absolute Gasteiger partial charge is 0.287 e. The van der Waals surface area contributed by atoms with Crippen molar-refractivity contribution in [2.45, 2.75) is 52.1 Å². The molecule has 5 heteroatoms. The summed E-state index contributed by atoms with van der Waals surface area (Å²) in [6.07, 6.45) is 6.49. The first-order chi connectivity index (χ1) is 9.13. The van der Waals surface area contributed by atoms with E-state index in [1.165, 1.54) is 32.1 Å². The highest BCUT2D eigenvalue weighted by atomic mass is 31.2. The van der Waals surface area contributed by atoms with Crippen molar-refractivity contribution in [1.29, 1.82) is 0 Å². The summed E-state index contributed by atoms with van der Waals surface area (Å²) in [5, 5.41) is 0. The number of rotatable bonds is 6. The average molecular weight is 288 g/mol. The van der Waals surface area contributed by atoms with Gasteiger partial charge in [0.05, 0.1) is 19.3 Å². The molecule has 0 radical (unpaired) electrons. The van der Waals surface area contributed by atoms with Gasteiger partial charge >= 0.3 is 7.82 Å². The number of phosphoric acid groups is 1. The third-order valence-electron chi connectivity index (χ3n) is 4.97. The van der Waals surface area contributed by atoms with Crippen molar-refractivity contribution in [3.63, 3.8) is 0 Å². The van der Waals surface area contributed by atoms with Crippen molar-refractivity contribution in [3.05, 3.63) is 0 Å². The van der Waals surface area contributed by atoms with E-state index in [-0.39, 0.29) is 6.10 Å². The predicted octanol–water partition coefficient (Wildman–Crippen LogP) is 4.01. The van der Waals surface area contributed by atoms with E-state index in [1.807, 2.05) is 13.8 Å². The normalized spacial score (nSPS) is 40.8. The Morgan fingerprint density at radius 1 is 0.895 bits per heavy atom. The van der Waals surface area contributed by atoms with Crippen LogP contribution in [0.15, 0.2) is 0 Å². The molecule has 4 bridgehead atoms. The standard InChI is InChI=1S/C14H25O4P/c1-3-16-19(15,17-4-2)18-14-12-6-10-5-11(8-12)9-13(14)7-10/h10-14H,3-9H2,1-2H3. The predicted molar refractivity (Wildman–Crippen MR) is 72.8 cm³/mol. The maximum atomic E-state index is 12.5. The molecule has 0 aromatic carbocycles. The van der Waals surface area contributed by atoms with Crippen LogP contribution in [-0.2, 0) is 18.1 Å². The summed E-state index contributed by atoms with van der Waals surface area (Å²) in [5.74, 6) is 2.93. The zero-order valence-corrected chi connectivity index (χ0v) is 12.8. The molecule has 0 aromatic heterocycles. The van der Waals surface area contributed by atoms with Gasteiger partial charge in [-0.2, -0.15) is 0 Å².